The molecule has 0 aliphatic carbocycles. The number of ketones is 1. The monoisotopic (exact) mass is 256 g/mol. The van der Waals surface area contributed by atoms with Crippen LogP contribution in [0.5, 0.6) is 0 Å². The molecule has 0 aliphatic rings. The van der Waals surface area contributed by atoms with Crippen molar-refractivity contribution in [1.82, 2.24) is 9.78 Å². The molecule has 17 heavy (non-hydrogen) atoms. The minimum atomic E-state index is -0.279. The molecule has 4 heteroatoms. The topological polar surface area (TPSA) is 34.9 Å². The molecule has 0 unspecified atom stereocenters. The normalized spacial score (nSPS) is 11.9. The van der Waals surface area contributed by atoms with Crippen LogP contribution in [-0.4, -0.2) is 15.6 Å². The van der Waals surface area contributed by atoms with Crippen molar-refractivity contribution in [3.05, 3.63) is 16.4 Å². The van der Waals surface area contributed by atoms with E-state index < -0.39 is 0 Å². The van der Waals surface area contributed by atoms with E-state index in [1.54, 1.807) is 0 Å². The van der Waals surface area contributed by atoms with Gasteiger partial charge in [-0.1, -0.05) is 32.4 Å². The highest BCUT2D eigenvalue weighted by atomic mass is 35.5. The second-order valence-corrected chi connectivity index (χ2v) is 5.71. The van der Waals surface area contributed by atoms with Gasteiger partial charge in [-0.15, -0.1) is 0 Å². The number of rotatable bonds is 4. The number of hydrogen-bond acceptors (Lipinski definition) is 2. The summed E-state index contributed by atoms with van der Waals surface area (Å²) in [5.74, 6) is 0.259. The second-order valence-electron chi connectivity index (χ2n) is 5.34. The molecule has 0 aromatic carbocycles. The Balaban J connectivity index is 2.79. The fourth-order valence-electron chi connectivity index (χ4n) is 1.71. The highest BCUT2D eigenvalue weighted by Gasteiger charge is 2.22. The van der Waals surface area contributed by atoms with Crippen LogP contribution in [0.2, 0.25) is 5.02 Å². The number of nitrogens with zero attached hydrogens (tertiary/aromatic N) is 2. The molecule has 96 valence electrons. The Morgan fingerprint density at radius 3 is 2.47 bits per heavy atom. The molecule has 0 saturated carbocycles. The molecule has 0 spiro atoms. The summed E-state index contributed by atoms with van der Waals surface area (Å²) >= 11 is 6.20. The third-order valence-corrected chi connectivity index (χ3v) is 3.37. The van der Waals surface area contributed by atoms with E-state index in [-0.39, 0.29) is 11.2 Å². The molecule has 0 atom stereocenters. The van der Waals surface area contributed by atoms with Crippen molar-refractivity contribution in [2.75, 3.05) is 0 Å². The van der Waals surface area contributed by atoms with E-state index in [0.29, 0.717) is 17.9 Å². The second kappa shape index (κ2) is 5.21. The molecule has 0 amide bonds. The Morgan fingerprint density at radius 1 is 1.41 bits per heavy atom. The molecule has 0 saturated heterocycles. The lowest BCUT2D eigenvalue weighted by Crippen LogP contribution is -2.21. The highest BCUT2D eigenvalue weighted by molar-refractivity contribution is 6.31. The van der Waals surface area contributed by atoms with Gasteiger partial charge in [-0.25, -0.2) is 0 Å². The van der Waals surface area contributed by atoms with Gasteiger partial charge in [-0.3, -0.25) is 9.48 Å². The first-order valence-corrected chi connectivity index (χ1v) is 6.40. The van der Waals surface area contributed by atoms with Gasteiger partial charge >= 0.3 is 0 Å². The minimum absolute atomic E-state index is 0.259. The zero-order valence-electron chi connectivity index (χ0n) is 11.3. The van der Waals surface area contributed by atoms with E-state index in [1.165, 1.54) is 0 Å². The van der Waals surface area contributed by atoms with Gasteiger partial charge < -0.3 is 0 Å². The van der Waals surface area contributed by atoms with Gasteiger partial charge in [0.15, 0.2) is 0 Å². The van der Waals surface area contributed by atoms with Crippen molar-refractivity contribution < 1.29 is 4.79 Å². The van der Waals surface area contributed by atoms with Crippen LogP contribution in [0.3, 0.4) is 0 Å². The number of carbonyl (C=O) groups excluding carboxylic acids is 1. The largest absolute Gasteiger partial charge is 0.299 e. The van der Waals surface area contributed by atoms with Gasteiger partial charge in [-0.2, -0.15) is 5.10 Å². The van der Waals surface area contributed by atoms with Crippen LogP contribution in [0.15, 0.2) is 0 Å². The van der Waals surface area contributed by atoms with Gasteiger partial charge in [0.25, 0.3) is 0 Å². The van der Waals surface area contributed by atoms with Crippen molar-refractivity contribution in [3.8, 4) is 0 Å². The molecule has 1 heterocycles. The molecule has 0 bridgehead atoms. The van der Waals surface area contributed by atoms with Crippen LogP contribution in [0, 0.1) is 12.3 Å². The number of carbonyl (C=O) groups is 1. The number of hydrogen-bond donors (Lipinski definition) is 0. The summed E-state index contributed by atoms with van der Waals surface area (Å²) in [4.78, 5) is 11.9. The van der Waals surface area contributed by atoms with Gasteiger partial charge in [0, 0.05) is 18.4 Å². The van der Waals surface area contributed by atoms with Crippen molar-refractivity contribution in [1.29, 1.82) is 0 Å². The summed E-state index contributed by atoms with van der Waals surface area (Å²) in [6.45, 7) is 10.5. The average molecular weight is 257 g/mol. The molecule has 1 aromatic heterocycles. The average Bonchev–Trinajstić information content (AvgIpc) is 2.50. The third kappa shape index (κ3) is 3.32. The Kier molecular flexibility index (Phi) is 4.36. The maximum atomic E-state index is 11.9. The molecule has 0 radical (unpaired) electrons. The number of aromatic nitrogens is 2. The van der Waals surface area contributed by atoms with E-state index in [2.05, 4.69) is 5.10 Å². The fraction of sp³-hybridized carbons (Fsp3) is 0.692. The van der Waals surface area contributed by atoms with E-state index in [4.69, 9.17) is 11.6 Å². The maximum absolute atomic E-state index is 11.9. The summed E-state index contributed by atoms with van der Waals surface area (Å²) < 4.78 is 1.88. The molecule has 1 aromatic rings. The van der Waals surface area contributed by atoms with Crippen LogP contribution in [0.4, 0.5) is 0 Å². The Bertz CT molecular complexity index is 416. The van der Waals surface area contributed by atoms with Gasteiger partial charge in [0.05, 0.1) is 16.4 Å². The molecule has 0 aliphatic heterocycles. The van der Waals surface area contributed by atoms with E-state index in [9.17, 15) is 4.79 Å². The third-order valence-electron chi connectivity index (χ3n) is 2.88. The standard InChI is InChI=1S/C13H21ClN2O/c1-6-16-10(12(14)9(2)15-16)7-8-11(17)13(3,4)5/h6-8H2,1-5H3. The lowest BCUT2D eigenvalue weighted by Gasteiger charge is -2.16. The SMILES string of the molecule is CCn1nc(C)c(Cl)c1CCC(=O)C(C)(C)C. The van der Waals surface area contributed by atoms with Crippen LogP contribution in [0.1, 0.15) is 45.5 Å². The smallest absolute Gasteiger partial charge is 0.138 e. The molecule has 3 nitrogen and oxygen atoms in total. The van der Waals surface area contributed by atoms with Crippen molar-refractivity contribution >= 4 is 17.4 Å². The predicted octanol–water partition coefficient (Wildman–Crippen LogP) is 3.41. The summed E-state index contributed by atoms with van der Waals surface area (Å²) in [6, 6.07) is 0. The number of halogens is 1. The van der Waals surface area contributed by atoms with Gasteiger partial charge in [-0.05, 0) is 20.3 Å². The Labute approximate surface area is 108 Å². The lowest BCUT2D eigenvalue weighted by molar-refractivity contribution is -0.126. The summed E-state index contributed by atoms with van der Waals surface area (Å²) in [5.41, 5.74) is 1.54. The Hall–Kier alpha value is -0.830. The first-order valence-electron chi connectivity index (χ1n) is 6.02. The van der Waals surface area contributed by atoms with Crippen LogP contribution in [-0.2, 0) is 17.8 Å². The fourth-order valence-corrected chi connectivity index (χ4v) is 1.94. The first kappa shape index (κ1) is 14.2. The number of aryl methyl sites for hydroxylation is 2. The molecular weight excluding hydrogens is 236 g/mol. The van der Waals surface area contributed by atoms with E-state index in [1.807, 2.05) is 39.3 Å². The lowest BCUT2D eigenvalue weighted by atomic mass is 9.88. The molecule has 1 rings (SSSR count). The zero-order valence-corrected chi connectivity index (χ0v) is 12.1. The van der Waals surface area contributed by atoms with Crippen molar-refractivity contribution in [2.45, 2.75) is 54.0 Å². The summed E-state index contributed by atoms with van der Waals surface area (Å²) in [5, 5.41) is 5.04. The molecule has 0 fully saturated rings. The van der Waals surface area contributed by atoms with Crippen LogP contribution >= 0.6 is 11.6 Å². The van der Waals surface area contributed by atoms with Gasteiger partial charge in [0.2, 0.25) is 0 Å². The summed E-state index contributed by atoms with van der Waals surface area (Å²) in [7, 11) is 0. The molecular formula is C13H21ClN2O. The quantitative estimate of drug-likeness (QED) is 0.828. The zero-order chi connectivity index (χ0) is 13.2. The van der Waals surface area contributed by atoms with Gasteiger partial charge in [0.1, 0.15) is 5.78 Å². The minimum Gasteiger partial charge on any atom is -0.299 e. The van der Waals surface area contributed by atoms with Crippen LogP contribution < -0.4 is 0 Å². The van der Waals surface area contributed by atoms with Crippen molar-refractivity contribution in [2.24, 2.45) is 5.41 Å². The highest BCUT2D eigenvalue weighted by Crippen LogP contribution is 2.24. The molecule has 0 N–H and O–H groups in total. The van der Waals surface area contributed by atoms with Crippen LogP contribution in [0.25, 0.3) is 0 Å². The Morgan fingerprint density at radius 2 is 2.00 bits per heavy atom. The summed E-state index contributed by atoms with van der Waals surface area (Å²) in [6.07, 6.45) is 1.19. The predicted molar refractivity (Wildman–Crippen MR) is 70.4 cm³/mol. The first-order chi connectivity index (χ1) is 7.77. The van der Waals surface area contributed by atoms with E-state index >= 15 is 0 Å². The number of Topliss-reactive ketones (excluding diaryl/α,β-unsaturated/α-hetero) is 1. The maximum Gasteiger partial charge on any atom is 0.138 e. The van der Waals surface area contributed by atoms with Crippen molar-refractivity contribution in [3.63, 3.8) is 0 Å². The van der Waals surface area contributed by atoms with E-state index in [0.717, 1.165) is 17.9 Å².